The molecule has 0 spiro atoms. The first-order valence-electron chi connectivity index (χ1n) is 8.14. The minimum atomic E-state index is -3.47. The number of sulfonamides is 1. The van der Waals surface area contributed by atoms with Gasteiger partial charge in [-0.1, -0.05) is 6.42 Å². The highest BCUT2D eigenvalue weighted by atomic mass is 127. The van der Waals surface area contributed by atoms with Crippen LogP contribution >= 0.6 is 22.6 Å². The zero-order valence-electron chi connectivity index (χ0n) is 13.6. The second-order valence-electron chi connectivity index (χ2n) is 5.95. The number of carbonyl (C=O) groups is 1. The lowest BCUT2D eigenvalue weighted by Crippen LogP contribution is -2.35. The minimum Gasteiger partial charge on any atom is -0.322 e. The van der Waals surface area contributed by atoms with Crippen LogP contribution in [0.5, 0.6) is 0 Å². The molecule has 0 aliphatic carbocycles. The molecule has 1 aliphatic rings. The molecule has 1 heterocycles. The molecule has 7 heteroatoms. The average Bonchev–Trinajstić information content (AvgIpc) is 2.64. The van der Waals surface area contributed by atoms with Crippen molar-refractivity contribution in [1.29, 1.82) is 0 Å². The van der Waals surface area contributed by atoms with E-state index in [4.69, 9.17) is 0 Å². The third-order valence-electron chi connectivity index (χ3n) is 4.17. The zero-order valence-corrected chi connectivity index (χ0v) is 16.6. The van der Waals surface area contributed by atoms with Crippen molar-refractivity contribution in [2.24, 2.45) is 0 Å². The van der Waals surface area contributed by atoms with Gasteiger partial charge in [0.15, 0.2) is 0 Å². The van der Waals surface area contributed by atoms with Gasteiger partial charge in [-0.2, -0.15) is 4.31 Å². The van der Waals surface area contributed by atoms with Crippen LogP contribution in [0.4, 0.5) is 5.69 Å². The first-order chi connectivity index (χ1) is 12.0. The van der Waals surface area contributed by atoms with Crippen molar-refractivity contribution in [2.75, 3.05) is 18.4 Å². The second-order valence-corrected chi connectivity index (χ2v) is 9.13. The predicted molar refractivity (Wildman–Crippen MR) is 106 cm³/mol. The Balaban J connectivity index is 1.73. The van der Waals surface area contributed by atoms with E-state index >= 15 is 0 Å². The Morgan fingerprint density at radius 2 is 1.52 bits per heavy atom. The van der Waals surface area contributed by atoms with Gasteiger partial charge in [-0.3, -0.25) is 4.79 Å². The highest BCUT2D eigenvalue weighted by Crippen LogP contribution is 2.21. The van der Waals surface area contributed by atoms with E-state index in [1.807, 2.05) is 24.3 Å². The van der Waals surface area contributed by atoms with Crippen molar-refractivity contribution in [2.45, 2.75) is 24.2 Å². The van der Waals surface area contributed by atoms with Gasteiger partial charge in [-0.25, -0.2) is 8.42 Å². The van der Waals surface area contributed by atoms with Crippen LogP contribution in [0.15, 0.2) is 53.4 Å². The van der Waals surface area contributed by atoms with Gasteiger partial charge in [0.1, 0.15) is 0 Å². The van der Waals surface area contributed by atoms with Crippen molar-refractivity contribution >= 4 is 44.2 Å². The lowest BCUT2D eigenvalue weighted by atomic mass is 10.2. The Kier molecular flexibility index (Phi) is 5.75. The maximum absolute atomic E-state index is 12.6. The van der Waals surface area contributed by atoms with E-state index < -0.39 is 10.0 Å². The molecule has 132 valence electrons. The molecule has 3 rings (SSSR count). The first-order valence-corrected chi connectivity index (χ1v) is 10.7. The molecule has 1 N–H and O–H groups in total. The fraction of sp³-hybridized carbons (Fsp3) is 0.278. The molecule has 1 aliphatic heterocycles. The number of carbonyl (C=O) groups excluding carboxylic acids is 1. The Morgan fingerprint density at radius 3 is 2.12 bits per heavy atom. The third-order valence-corrected chi connectivity index (χ3v) is 6.80. The summed E-state index contributed by atoms with van der Waals surface area (Å²) in [5.41, 5.74) is 1.13. The molecule has 1 fully saturated rings. The molecule has 25 heavy (non-hydrogen) atoms. The second kappa shape index (κ2) is 7.84. The van der Waals surface area contributed by atoms with Crippen LogP contribution in [0.25, 0.3) is 0 Å². The van der Waals surface area contributed by atoms with Gasteiger partial charge in [0.25, 0.3) is 5.91 Å². The van der Waals surface area contributed by atoms with Crippen molar-refractivity contribution in [3.8, 4) is 0 Å². The summed E-state index contributed by atoms with van der Waals surface area (Å²) < 4.78 is 27.8. The summed E-state index contributed by atoms with van der Waals surface area (Å²) in [5.74, 6) is -0.261. The number of benzene rings is 2. The van der Waals surface area contributed by atoms with E-state index in [9.17, 15) is 13.2 Å². The van der Waals surface area contributed by atoms with E-state index in [0.29, 0.717) is 24.3 Å². The van der Waals surface area contributed by atoms with Crippen LogP contribution in [0.1, 0.15) is 29.6 Å². The molecule has 2 aromatic rings. The van der Waals surface area contributed by atoms with Crippen LogP contribution < -0.4 is 5.32 Å². The van der Waals surface area contributed by atoms with E-state index in [0.717, 1.165) is 22.8 Å². The summed E-state index contributed by atoms with van der Waals surface area (Å²) in [6.45, 7) is 1.13. The van der Waals surface area contributed by atoms with Crippen molar-refractivity contribution in [1.82, 2.24) is 4.31 Å². The summed E-state index contributed by atoms with van der Waals surface area (Å²) in [5, 5.41) is 2.80. The van der Waals surface area contributed by atoms with Crippen LogP contribution in [-0.2, 0) is 10.0 Å². The van der Waals surface area contributed by atoms with Gasteiger partial charge in [0, 0.05) is 27.9 Å². The monoisotopic (exact) mass is 470 g/mol. The fourth-order valence-electron chi connectivity index (χ4n) is 2.77. The molecule has 0 aromatic heterocycles. The van der Waals surface area contributed by atoms with Crippen LogP contribution in [0.2, 0.25) is 0 Å². The fourth-order valence-corrected chi connectivity index (χ4v) is 4.65. The minimum absolute atomic E-state index is 0.236. The molecule has 0 radical (unpaired) electrons. The van der Waals surface area contributed by atoms with Gasteiger partial charge in [-0.05, 0) is 84.0 Å². The quantitative estimate of drug-likeness (QED) is 0.693. The predicted octanol–water partition coefficient (Wildman–Crippen LogP) is 3.72. The summed E-state index contributed by atoms with van der Waals surface area (Å²) in [6.07, 6.45) is 2.87. The largest absolute Gasteiger partial charge is 0.322 e. The summed E-state index contributed by atoms with van der Waals surface area (Å²) in [7, 11) is -3.47. The van der Waals surface area contributed by atoms with Gasteiger partial charge in [0.2, 0.25) is 10.0 Å². The molecule has 1 amide bonds. The van der Waals surface area contributed by atoms with E-state index in [1.54, 1.807) is 12.1 Å². The van der Waals surface area contributed by atoms with Crippen molar-refractivity contribution < 1.29 is 13.2 Å². The Labute approximate surface area is 161 Å². The standard InChI is InChI=1S/C18H19IN2O3S/c19-15-6-8-16(9-7-15)20-18(22)14-4-10-17(11-5-14)25(23,24)21-12-2-1-3-13-21/h4-11H,1-3,12-13H2,(H,20,22). The van der Waals surface area contributed by atoms with Crippen LogP contribution in [-0.4, -0.2) is 31.7 Å². The van der Waals surface area contributed by atoms with Gasteiger partial charge < -0.3 is 5.32 Å². The number of amides is 1. The molecule has 0 atom stereocenters. The smallest absolute Gasteiger partial charge is 0.255 e. The molecule has 0 saturated carbocycles. The number of halogens is 1. The molecule has 1 saturated heterocycles. The summed E-state index contributed by atoms with van der Waals surface area (Å²) >= 11 is 2.20. The molecular formula is C18H19IN2O3S. The van der Waals surface area contributed by atoms with Gasteiger partial charge >= 0.3 is 0 Å². The van der Waals surface area contributed by atoms with E-state index in [-0.39, 0.29) is 10.8 Å². The van der Waals surface area contributed by atoms with Crippen LogP contribution in [0.3, 0.4) is 0 Å². The lowest BCUT2D eigenvalue weighted by molar-refractivity contribution is 0.102. The number of nitrogens with zero attached hydrogens (tertiary/aromatic N) is 1. The molecule has 0 bridgehead atoms. The summed E-state index contributed by atoms with van der Waals surface area (Å²) in [6, 6.07) is 13.6. The van der Waals surface area contributed by atoms with Crippen molar-refractivity contribution in [3.63, 3.8) is 0 Å². The van der Waals surface area contributed by atoms with Crippen molar-refractivity contribution in [3.05, 3.63) is 57.7 Å². The van der Waals surface area contributed by atoms with Gasteiger partial charge in [-0.15, -0.1) is 0 Å². The number of hydrogen-bond donors (Lipinski definition) is 1. The highest BCUT2D eigenvalue weighted by molar-refractivity contribution is 14.1. The normalized spacial score (nSPS) is 15.7. The number of hydrogen-bond acceptors (Lipinski definition) is 3. The molecular weight excluding hydrogens is 451 g/mol. The SMILES string of the molecule is O=C(Nc1ccc(I)cc1)c1ccc(S(=O)(=O)N2CCCCC2)cc1. The van der Waals surface area contributed by atoms with Gasteiger partial charge in [0.05, 0.1) is 4.90 Å². The number of piperidine rings is 1. The highest BCUT2D eigenvalue weighted by Gasteiger charge is 2.25. The average molecular weight is 470 g/mol. The molecule has 2 aromatic carbocycles. The van der Waals surface area contributed by atoms with Crippen LogP contribution in [0, 0.1) is 3.57 Å². The summed E-state index contributed by atoms with van der Waals surface area (Å²) in [4.78, 5) is 12.5. The Bertz CT molecular complexity index is 843. The Morgan fingerprint density at radius 1 is 0.920 bits per heavy atom. The third kappa shape index (κ3) is 4.39. The topological polar surface area (TPSA) is 66.5 Å². The number of rotatable bonds is 4. The number of nitrogens with one attached hydrogen (secondary N) is 1. The number of anilines is 1. The van der Waals surface area contributed by atoms with E-state index in [1.165, 1.54) is 16.4 Å². The maximum atomic E-state index is 12.6. The zero-order chi connectivity index (χ0) is 17.9. The molecule has 0 unspecified atom stereocenters. The Hall–Kier alpha value is -1.45. The van der Waals surface area contributed by atoms with E-state index in [2.05, 4.69) is 27.9 Å². The maximum Gasteiger partial charge on any atom is 0.255 e. The molecule has 5 nitrogen and oxygen atoms in total. The first kappa shape index (κ1) is 18.3. The lowest BCUT2D eigenvalue weighted by Gasteiger charge is -2.25.